The van der Waals surface area contributed by atoms with Crippen LogP contribution in [0.5, 0.6) is 5.75 Å². The van der Waals surface area contributed by atoms with Crippen LogP contribution in [0.25, 0.3) is 10.9 Å². The van der Waals surface area contributed by atoms with E-state index in [1.54, 1.807) is 6.07 Å². The summed E-state index contributed by atoms with van der Waals surface area (Å²) in [6.45, 7) is 12.5. The van der Waals surface area contributed by atoms with Crippen molar-refractivity contribution in [2.75, 3.05) is 59.0 Å². The Labute approximate surface area is 375 Å². The number of aromatic nitrogens is 1. The fraction of sp³-hybridized carbons (Fsp3) is 0.600. The third-order valence-electron chi connectivity index (χ3n) is 16.7. The number of nitrogens with one attached hydrogen (secondary N) is 1. The molecule has 9 rings (SSSR count). The van der Waals surface area contributed by atoms with Crippen LogP contribution in [-0.4, -0.2) is 133 Å². The Hall–Kier alpha value is -4.76. The largest absolute Gasteiger partial charge is 0.496 e. The number of hydrogen-bond acceptors (Lipinski definition) is 12. The van der Waals surface area contributed by atoms with E-state index in [4.69, 9.17) is 18.9 Å². The fourth-order valence-electron chi connectivity index (χ4n) is 14.2. The first kappa shape index (κ1) is 44.4. The number of aromatic amines is 1. The van der Waals surface area contributed by atoms with Crippen LogP contribution in [0.3, 0.4) is 0 Å². The number of rotatable bonds is 10. The van der Waals surface area contributed by atoms with E-state index < -0.39 is 63.5 Å². The minimum Gasteiger partial charge on any atom is -0.496 e. The summed E-state index contributed by atoms with van der Waals surface area (Å²) in [5, 5.41) is 26.5. The molecule has 1 saturated carbocycles. The maximum Gasteiger partial charge on any atom is 0.344 e. The average molecular weight is 881 g/mol. The van der Waals surface area contributed by atoms with E-state index in [0.717, 1.165) is 29.3 Å². The van der Waals surface area contributed by atoms with E-state index in [1.165, 1.54) is 44.3 Å². The number of anilines is 1. The Balaban J connectivity index is 1.39. The lowest BCUT2D eigenvalue weighted by atomic mass is 9.47. The van der Waals surface area contributed by atoms with Gasteiger partial charge < -0.3 is 39.0 Å². The average Bonchev–Trinajstić information content (AvgIpc) is 3.97. The minimum atomic E-state index is -2.54. The molecule has 0 radical (unpaired) electrons. The summed E-state index contributed by atoms with van der Waals surface area (Å²) >= 11 is 0. The van der Waals surface area contributed by atoms with Crippen molar-refractivity contribution in [2.24, 2.45) is 11.3 Å². The molecule has 2 unspecified atom stereocenters. The number of aryl methyl sites for hydroxylation is 2. The highest BCUT2D eigenvalue weighted by Gasteiger charge is 2.81. The second-order valence-electron chi connectivity index (χ2n) is 19.4. The minimum absolute atomic E-state index is 0.162. The summed E-state index contributed by atoms with van der Waals surface area (Å²) in [5.74, 6) is -2.05. The smallest absolute Gasteiger partial charge is 0.344 e. The highest BCUT2D eigenvalue weighted by atomic mass is 16.6. The number of nitrogens with zero attached hydrogens (tertiary/aromatic N) is 3. The zero-order valence-corrected chi connectivity index (χ0v) is 38.5. The van der Waals surface area contributed by atoms with Crippen LogP contribution in [0.15, 0.2) is 36.4 Å². The third-order valence-corrected chi connectivity index (χ3v) is 16.7. The van der Waals surface area contributed by atoms with Crippen molar-refractivity contribution in [3.8, 4) is 5.75 Å². The normalized spacial score (nSPS) is 35.0. The van der Waals surface area contributed by atoms with Crippen molar-refractivity contribution in [2.45, 2.75) is 126 Å². The first-order chi connectivity index (χ1) is 30.6. The van der Waals surface area contributed by atoms with Gasteiger partial charge in [-0.3, -0.25) is 24.2 Å². The molecule has 1 aromatic heterocycles. The zero-order chi connectivity index (χ0) is 45.7. The van der Waals surface area contributed by atoms with Gasteiger partial charge in [-0.2, -0.15) is 0 Å². The maximum absolute atomic E-state index is 15.6. The van der Waals surface area contributed by atoms with E-state index in [9.17, 15) is 24.6 Å². The number of benzene rings is 2. The quantitative estimate of drug-likeness (QED) is 0.112. The summed E-state index contributed by atoms with van der Waals surface area (Å²) in [7, 11) is 4.13. The van der Waals surface area contributed by atoms with E-state index in [0.29, 0.717) is 99.5 Å². The number of amides is 1. The third kappa shape index (κ3) is 5.83. The molecule has 64 heavy (non-hydrogen) atoms. The van der Waals surface area contributed by atoms with E-state index in [-0.39, 0.29) is 12.3 Å². The summed E-state index contributed by atoms with van der Waals surface area (Å²) in [6.07, 6.45) is 7.55. The molecule has 1 spiro atoms. The molecule has 2 aromatic carbocycles. The van der Waals surface area contributed by atoms with Crippen molar-refractivity contribution in [1.29, 1.82) is 0 Å². The van der Waals surface area contributed by atoms with Gasteiger partial charge in [0.1, 0.15) is 11.2 Å². The van der Waals surface area contributed by atoms with Crippen LogP contribution < -0.4 is 9.64 Å². The van der Waals surface area contributed by atoms with Crippen LogP contribution >= 0.6 is 0 Å². The maximum atomic E-state index is 15.6. The van der Waals surface area contributed by atoms with Crippen molar-refractivity contribution >= 4 is 40.9 Å². The van der Waals surface area contributed by atoms with Crippen molar-refractivity contribution in [3.63, 3.8) is 0 Å². The molecular formula is C50H64N4O10. The molecule has 6 aliphatic rings. The molecule has 5 aliphatic heterocycles. The molecule has 2 bridgehead atoms. The van der Waals surface area contributed by atoms with Gasteiger partial charge in [0.2, 0.25) is 12.0 Å². The predicted molar refractivity (Wildman–Crippen MR) is 239 cm³/mol. The molecule has 3 fully saturated rings. The second kappa shape index (κ2) is 15.7. The lowest BCUT2D eigenvalue weighted by molar-refractivity contribution is -0.228. The fourth-order valence-corrected chi connectivity index (χ4v) is 14.2. The van der Waals surface area contributed by atoms with E-state index >= 15 is 4.79 Å². The molecule has 344 valence electrons. The number of carbonyl (C=O) groups is 4. The molecule has 1 amide bonds. The van der Waals surface area contributed by atoms with Gasteiger partial charge in [-0.15, -0.1) is 0 Å². The Morgan fingerprint density at radius 1 is 0.906 bits per heavy atom. The summed E-state index contributed by atoms with van der Waals surface area (Å²) in [4.78, 5) is 66.8. The Kier molecular flexibility index (Phi) is 10.9. The number of fused-ring (bicyclic) bond motifs is 6. The number of H-pyrrole nitrogens is 1. The van der Waals surface area contributed by atoms with Crippen LogP contribution in [0.1, 0.15) is 100 Å². The molecule has 10 atom stereocenters. The van der Waals surface area contributed by atoms with Crippen molar-refractivity contribution < 1.29 is 48.3 Å². The molecule has 1 aliphatic carbocycles. The van der Waals surface area contributed by atoms with Gasteiger partial charge in [-0.05, 0) is 104 Å². The standard InChI is InChI=1S/C50H64N4O10/c1-9-31-20-34-33-14-18-52-26-30(24-46(59,11-3)27-52)25-49(44(57)62-7,40(33)51-37(34)21-32(31)10-2)36-22-35-38(23-39(36)61-6)54(28-55)42-48(35)16-19-53-17-13-15-47(12-4,41(48)53)43(64-29(5)56)50(42,60)45(58)63-8/h13,15,20-23,28,30,41-43,51,59-60H,9-12,14,16-19,24-27H2,1-8H3/t30-,41+,42?,43-,46+,47-,48-,49+,50+/m1/s1. The number of ether oxygens (including phenoxy) is 4. The zero-order valence-electron chi connectivity index (χ0n) is 38.5. The summed E-state index contributed by atoms with van der Waals surface area (Å²) in [5.41, 5.74) is -0.605. The number of hydrogen-bond donors (Lipinski definition) is 3. The van der Waals surface area contributed by atoms with Gasteiger partial charge in [0, 0.05) is 78.2 Å². The van der Waals surface area contributed by atoms with Crippen LogP contribution in [0, 0.1) is 11.3 Å². The van der Waals surface area contributed by atoms with Crippen molar-refractivity contribution in [1.82, 2.24) is 14.8 Å². The van der Waals surface area contributed by atoms with Gasteiger partial charge in [0.25, 0.3) is 0 Å². The van der Waals surface area contributed by atoms with Crippen LogP contribution in [0.4, 0.5) is 5.69 Å². The van der Waals surface area contributed by atoms with Crippen LogP contribution in [-0.2, 0) is 63.5 Å². The number of aliphatic hydroxyl groups is 2. The molecule has 3 N–H and O–H groups in total. The van der Waals surface area contributed by atoms with E-state index in [2.05, 4.69) is 40.8 Å². The van der Waals surface area contributed by atoms with Gasteiger partial charge in [-0.1, -0.05) is 39.8 Å². The number of methoxy groups -OCH3 is 3. The van der Waals surface area contributed by atoms with Crippen molar-refractivity contribution in [3.05, 3.63) is 69.9 Å². The molecular weight excluding hydrogens is 817 g/mol. The van der Waals surface area contributed by atoms with Gasteiger partial charge >= 0.3 is 17.9 Å². The number of piperidine rings is 1. The highest BCUT2D eigenvalue weighted by Crippen LogP contribution is 2.68. The van der Waals surface area contributed by atoms with Crippen LogP contribution in [0.2, 0.25) is 0 Å². The Bertz CT molecular complexity index is 2450. The molecule has 3 aromatic rings. The first-order valence-corrected chi connectivity index (χ1v) is 23.2. The Morgan fingerprint density at radius 2 is 1.64 bits per heavy atom. The molecule has 14 heteroatoms. The molecule has 6 heterocycles. The monoisotopic (exact) mass is 880 g/mol. The highest BCUT2D eigenvalue weighted by molar-refractivity contribution is 5.97. The second-order valence-corrected chi connectivity index (χ2v) is 19.4. The van der Waals surface area contributed by atoms with Gasteiger partial charge in [0.05, 0.1) is 38.7 Å². The summed E-state index contributed by atoms with van der Waals surface area (Å²) in [6, 6.07) is 6.48. The topological polar surface area (TPSA) is 171 Å². The summed E-state index contributed by atoms with van der Waals surface area (Å²) < 4.78 is 23.9. The number of carbonyl (C=O) groups excluding carboxylic acids is 4. The molecule has 2 saturated heterocycles. The van der Waals surface area contributed by atoms with Gasteiger partial charge in [0.15, 0.2) is 6.10 Å². The molecule has 14 nitrogen and oxygen atoms in total. The van der Waals surface area contributed by atoms with Gasteiger partial charge in [-0.25, -0.2) is 4.79 Å². The van der Waals surface area contributed by atoms with E-state index in [1.807, 2.05) is 32.1 Å². The first-order valence-electron chi connectivity index (χ1n) is 23.2. The predicted octanol–water partition coefficient (Wildman–Crippen LogP) is 4.64. The SMILES string of the molecule is CCc1cc2[nH]c3c(c2cc1CC)CCN1C[C@H](C[C@@](O)(CC)C1)C[C@]3(C(=O)OC)c1cc2c(cc1OC)N(C=O)C1[C@]23CCN2CC=C[C@@](CC)([C@@H](OC(C)=O)[C@]1(O)C(=O)OC)[C@H]23. The lowest BCUT2D eigenvalue weighted by Gasteiger charge is -2.63. The number of esters is 3. The Morgan fingerprint density at radius 3 is 2.28 bits per heavy atom. The lowest BCUT2D eigenvalue weighted by Crippen LogP contribution is -2.81.